The molecule has 0 saturated carbocycles. The normalized spacial score (nSPS) is 10.4. The van der Waals surface area contributed by atoms with Crippen LogP contribution >= 0.6 is 0 Å². The zero-order valence-corrected chi connectivity index (χ0v) is 9.49. The standard InChI is InChI=1S/C12H17NO2/c1-4-15-12(14)8-10-5-6-13-11(7-10)9(2)3/h5-7,9H,4,8H2,1-3H3. The van der Waals surface area contributed by atoms with Crippen LogP contribution in [0.25, 0.3) is 0 Å². The van der Waals surface area contributed by atoms with Crippen molar-refractivity contribution in [3.8, 4) is 0 Å². The zero-order chi connectivity index (χ0) is 11.3. The molecular weight excluding hydrogens is 190 g/mol. The van der Waals surface area contributed by atoms with E-state index in [0.717, 1.165) is 11.3 Å². The number of esters is 1. The minimum absolute atomic E-state index is 0.182. The Bertz CT molecular complexity index is 334. The highest BCUT2D eigenvalue weighted by Gasteiger charge is 2.06. The van der Waals surface area contributed by atoms with E-state index in [1.807, 2.05) is 19.1 Å². The molecule has 1 rings (SSSR count). The molecular formula is C12H17NO2. The first-order valence-electron chi connectivity index (χ1n) is 5.24. The average Bonchev–Trinajstić information content (AvgIpc) is 2.18. The van der Waals surface area contributed by atoms with E-state index in [1.165, 1.54) is 0 Å². The number of hydrogen-bond donors (Lipinski definition) is 0. The Hall–Kier alpha value is -1.38. The van der Waals surface area contributed by atoms with E-state index in [0.29, 0.717) is 18.9 Å². The van der Waals surface area contributed by atoms with Crippen molar-refractivity contribution in [2.75, 3.05) is 6.61 Å². The minimum atomic E-state index is -0.182. The molecule has 1 aromatic heterocycles. The highest BCUT2D eigenvalue weighted by Crippen LogP contribution is 2.13. The first-order valence-corrected chi connectivity index (χ1v) is 5.24. The second-order valence-electron chi connectivity index (χ2n) is 3.73. The maximum Gasteiger partial charge on any atom is 0.310 e. The Labute approximate surface area is 90.5 Å². The molecule has 15 heavy (non-hydrogen) atoms. The van der Waals surface area contributed by atoms with Crippen molar-refractivity contribution in [3.63, 3.8) is 0 Å². The van der Waals surface area contributed by atoms with Crippen molar-refractivity contribution in [2.24, 2.45) is 0 Å². The van der Waals surface area contributed by atoms with E-state index in [1.54, 1.807) is 6.20 Å². The molecule has 0 aromatic carbocycles. The fraction of sp³-hybridized carbons (Fsp3) is 0.500. The van der Waals surface area contributed by atoms with Crippen LogP contribution in [0.4, 0.5) is 0 Å². The molecule has 0 aliphatic heterocycles. The summed E-state index contributed by atoms with van der Waals surface area (Å²) in [4.78, 5) is 15.5. The van der Waals surface area contributed by atoms with Crippen molar-refractivity contribution in [1.82, 2.24) is 4.98 Å². The van der Waals surface area contributed by atoms with Crippen LogP contribution in [-0.2, 0) is 16.0 Å². The van der Waals surface area contributed by atoms with Gasteiger partial charge in [-0.2, -0.15) is 0 Å². The topological polar surface area (TPSA) is 39.2 Å². The molecule has 1 aromatic rings. The van der Waals surface area contributed by atoms with E-state index in [-0.39, 0.29) is 5.97 Å². The molecule has 3 nitrogen and oxygen atoms in total. The van der Waals surface area contributed by atoms with Crippen molar-refractivity contribution in [2.45, 2.75) is 33.1 Å². The number of pyridine rings is 1. The van der Waals surface area contributed by atoms with Crippen molar-refractivity contribution in [3.05, 3.63) is 29.6 Å². The number of aromatic nitrogens is 1. The molecule has 0 saturated heterocycles. The molecule has 0 N–H and O–H groups in total. The molecule has 0 fully saturated rings. The monoisotopic (exact) mass is 207 g/mol. The van der Waals surface area contributed by atoms with Crippen LogP contribution in [0.15, 0.2) is 18.3 Å². The summed E-state index contributed by atoms with van der Waals surface area (Å²) in [6.45, 7) is 6.40. The maximum absolute atomic E-state index is 11.3. The molecule has 0 unspecified atom stereocenters. The van der Waals surface area contributed by atoms with Gasteiger partial charge >= 0.3 is 5.97 Å². The molecule has 1 heterocycles. The van der Waals surface area contributed by atoms with Crippen molar-refractivity contribution < 1.29 is 9.53 Å². The Morgan fingerprint density at radius 2 is 2.27 bits per heavy atom. The summed E-state index contributed by atoms with van der Waals surface area (Å²) in [5, 5.41) is 0. The lowest BCUT2D eigenvalue weighted by atomic mass is 10.1. The van der Waals surface area contributed by atoms with Gasteiger partial charge in [0.2, 0.25) is 0 Å². The zero-order valence-electron chi connectivity index (χ0n) is 9.49. The van der Waals surface area contributed by atoms with E-state index in [2.05, 4.69) is 18.8 Å². The first-order chi connectivity index (χ1) is 7.13. The second kappa shape index (κ2) is 5.49. The van der Waals surface area contributed by atoms with Gasteiger partial charge in [-0.15, -0.1) is 0 Å². The van der Waals surface area contributed by atoms with Gasteiger partial charge in [0.15, 0.2) is 0 Å². The molecule has 0 bridgehead atoms. The van der Waals surface area contributed by atoms with Gasteiger partial charge in [0, 0.05) is 11.9 Å². The van der Waals surface area contributed by atoms with E-state index >= 15 is 0 Å². The third-order valence-corrected chi connectivity index (χ3v) is 2.09. The third-order valence-electron chi connectivity index (χ3n) is 2.09. The summed E-state index contributed by atoms with van der Waals surface area (Å²) < 4.78 is 4.89. The molecule has 0 atom stereocenters. The molecule has 0 aliphatic carbocycles. The van der Waals surface area contributed by atoms with Crippen LogP contribution in [0.5, 0.6) is 0 Å². The SMILES string of the molecule is CCOC(=O)Cc1ccnc(C(C)C)c1. The maximum atomic E-state index is 11.3. The largest absolute Gasteiger partial charge is 0.466 e. The number of hydrogen-bond acceptors (Lipinski definition) is 3. The van der Waals surface area contributed by atoms with Crippen LogP contribution in [0, 0.1) is 0 Å². The van der Waals surface area contributed by atoms with Gasteiger partial charge in [0.05, 0.1) is 13.0 Å². The van der Waals surface area contributed by atoms with Gasteiger partial charge < -0.3 is 4.74 Å². The second-order valence-corrected chi connectivity index (χ2v) is 3.73. The van der Waals surface area contributed by atoms with Gasteiger partial charge in [-0.3, -0.25) is 9.78 Å². The Morgan fingerprint density at radius 3 is 2.87 bits per heavy atom. The Kier molecular flexibility index (Phi) is 4.28. The molecule has 3 heteroatoms. The van der Waals surface area contributed by atoms with Gasteiger partial charge in [0.1, 0.15) is 0 Å². The summed E-state index contributed by atoms with van der Waals surface area (Å²) in [5.41, 5.74) is 1.98. The lowest BCUT2D eigenvalue weighted by molar-refractivity contribution is -0.142. The summed E-state index contributed by atoms with van der Waals surface area (Å²) >= 11 is 0. The fourth-order valence-corrected chi connectivity index (χ4v) is 1.30. The molecule has 82 valence electrons. The quantitative estimate of drug-likeness (QED) is 0.711. The number of ether oxygens (including phenoxy) is 1. The van der Waals surface area contributed by atoms with Crippen molar-refractivity contribution >= 4 is 5.97 Å². The fourth-order valence-electron chi connectivity index (χ4n) is 1.30. The summed E-state index contributed by atoms with van der Waals surface area (Å²) in [6, 6.07) is 3.81. The van der Waals surface area contributed by atoms with Crippen LogP contribution in [0.3, 0.4) is 0 Å². The van der Waals surface area contributed by atoms with E-state index < -0.39 is 0 Å². The van der Waals surface area contributed by atoms with E-state index in [4.69, 9.17) is 4.74 Å². The van der Waals surface area contributed by atoms with Crippen LogP contribution in [-0.4, -0.2) is 17.6 Å². The highest BCUT2D eigenvalue weighted by atomic mass is 16.5. The first kappa shape index (κ1) is 11.7. The van der Waals surface area contributed by atoms with Gasteiger partial charge in [-0.1, -0.05) is 13.8 Å². The summed E-state index contributed by atoms with van der Waals surface area (Å²) in [5.74, 6) is 0.200. The van der Waals surface area contributed by atoms with Gasteiger partial charge in [0.25, 0.3) is 0 Å². The summed E-state index contributed by atoms with van der Waals surface area (Å²) in [6.07, 6.45) is 2.07. The Balaban J connectivity index is 2.69. The number of carbonyl (C=O) groups excluding carboxylic acids is 1. The molecule has 0 spiro atoms. The predicted molar refractivity (Wildman–Crippen MR) is 58.7 cm³/mol. The van der Waals surface area contributed by atoms with Gasteiger partial charge in [-0.25, -0.2) is 0 Å². The lowest BCUT2D eigenvalue weighted by Gasteiger charge is -2.06. The van der Waals surface area contributed by atoms with Crippen LogP contribution < -0.4 is 0 Å². The average molecular weight is 207 g/mol. The highest BCUT2D eigenvalue weighted by molar-refractivity contribution is 5.72. The minimum Gasteiger partial charge on any atom is -0.466 e. The smallest absolute Gasteiger partial charge is 0.310 e. The van der Waals surface area contributed by atoms with E-state index in [9.17, 15) is 4.79 Å². The molecule has 0 amide bonds. The molecule has 0 aliphatic rings. The predicted octanol–water partition coefficient (Wildman–Crippen LogP) is 2.31. The van der Waals surface area contributed by atoms with Gasteiger partial charge in [-0.05, 0) is 30.5 Å². The Morgan fingerprint density at radius 1 is 1.53 bits per heavy atom. The number of rotatable bonds is 4. The number of carbonyl (C=O) groups is 1. The summed E-state index contributed by atoms with van der Waals surface area (Å²) in [7, 11) is 0. The van der Waals surface area contributed by atoms with Crippen LogP contribution in [0.2, 0.25) is 0 Å². The molecule has 0 radical (unpaired) electrons. The lowest BCUT2D eigenvalue weighted by Crippen LogP contribution is -2.08. The van der Waals surface area contributed by atoms with Crippen molar-refractivity contribution in [1.29, 1.82) is 0 Å². The third kappa shape index (κ3) is 3.70. The number of nitrogens with zero attached hydrogens (tertiary/aromatic N) is 1. The van der Waals surface area contributed by atoms with Crippen LogP contribution in [0.1, 0.15) is 37.9 Å².